The quantitative estimate of drug-likeness (QED) is 0.267. The molecule has 0 aliphatic rings. The van der Waals surface area contributed by atoms with Gasteiger partial charge in [-0.1, -0.05) is 36.7 Å². The fourth-order valence-electron chi connectivity index (χ4n) is 3.36. The smallest absolute Gasteiger partial charge is 0.336 e. The molecule has 9 heteroatoms. The van der Waals surface area contributed by atoms with Gasteiger partial charge >= 0.3 is 5.63 Å². The summed E-state index contributed by atoms with van der Waals surface area (Å²) in [6, 6.07) is 12.1. The van der Waals surface area contributed by atoms with Crippen LogP contribution >= 0.6 is 23.4 Å². The van der Waals surface area contributed by atoms with Crippen molar-refractivity contribution in [1.82, 2.24) is 14.8 Å². The normalized spacial score (nSPS) is 11.2. The molecule has 2 aromatic carbocycles. The molecule has 0 atom stereocenters. The molecule has 0 fully saturated rings. The first kappa shape index (κ1) is 22.2. The number of methoxy groups -OCH3 is 1. The number of thioether (sulfide) groups is 1. The zero-order valence-electron chi connectivity index (χ0n) is 17.7. The number of rotatable bonds is 8. The lowest BCUT2D eigenvalue weighted by Crippen LogP contribution is -2.04. The molecule has 0 unspecified atom stereocenters. The number of hydrogen-bond acceptors (Lipinski definition) is 7. The maximum Gasteiger partial charge on any atom is 0.336 e. The molecule has 0 bridgehead atoms. The van der Waals surface area contributed by atoms with Crippen LogP contribution in [0, 0.1) is 0 Å². The topological polar surface area (TPSA) is 90.4 Å². The predicted molar refractivity (Wildman–Crippen MR) is 126 cm³/mol. The van der Waals surface area contributed by atoms with Crippen molar-refractivity contribution in [2.75, 3.05) is 7.11 Å². The zero-order valence-corrected chi connectivity index (χ0v) is 19.2. The second kappa shape index (κ2) is 9.67. The van der Waals surface area contributed by atoms with E-state index in [2.05, 4.69) is 21.7 Å². The molecule has 0 amide bonds. The van der Waals surface area contributed by atoms with Crippen LogP contribution in [-0.4, -0.2) is 27.0 Å². The van der Waals surface area contributed by atoms with Crippen LogP contribution < -0.4 is 10.4 Å². The summed E-state index contributed by atoms with van der Waals surface area (Å²) in [7, 11) is 1.63. The van der Waals surface area contributed by atoms with Gasteiger partial charge in [-0.05, 0) is 42.3 Å². The van der Waals surface area contributed by atoms with Crippen molar-refractivity contribution < 1.29 is 14.3 Å². The Labute approximate surface area is 194 Å². The van der Waals surface area contributed by atoms with Gasteiger partial charge < -0.3 is 18.8 Å². The van der Waals surface area contributed by atoms with Gasteiger partial charge in [-0.3, -0.25) is 0 Å². The predicted octanol–water partition coefficient (Wildman–Crippen LogP) is 5.51. The minimum atomic E-state index is -0.485. The molecular formula is C23H22ClN3O4S. The highest BCUT2D eigenvalue weighted by Crippen LogP contribution is 2.33. The Morgan fingerprint density at radius 3 is 2.69 bits per heavy atom. The number of nitrogens with zero attached hydrogens (tertiary/aromatic N) is 3. The van der Waals surface area contributed by atoms with Crippen molar-refractivity contribution in [2.24, 2.45) is 0 Å². The van der Waals surface area contributed by atoms with Gasteiger partial charge in [-0.25, -0.2) is 4.79 Å². The first-order chi connectivity index (χ1) is 15.5. The number of benzene rings is 2. The fraction of sp³-hybridized carbons (Fsp3) is 0.261. The van der Waals surface area contributed by atoms with E-state index in [4.69, 9.17) is 20.8 Å². The van der Waals surface area contributed by atoms with Crippen molar-refractivity contribution >= 4 is 34.3 Å². The van der Waals surface area contributed by atoms with Gasteiger partial charge in [0.05, 0.1) is 12.1 Å². The first-order valence-corrected chi connectivity index (χ1v) is 11.5. The van der Waals surface area contributed by atoms with Crippen LogP contribution in [0.15, 0.2) is 56.8 Å². The number of aromatic nitrogens is 3. The highest BCUT2D eigenvalue weighted by molar-refractivity contribution is 7.98. The van der Waals surface area contributed by atoms with Crippen LogP contribution in [0.3, 0.4) is 0 Å². The molecule has 0 radical (unpaired) electrons. The average Bonchev–Trinajstić information content (AvgIpc) is 3.19. The molecule has 32 heavy (non-hydrogen) atoms. The van der Waals surface area contributed by atoms with Gasteiger partial charge in [0.15, 0.2) is 11.0 Å². The highest BCUT2D eigenvalue weighted by Gasteiger charge is 2.16. The number of halogens is 1. The number of hydrogen-bond donors (Lipinski definition) is 1. The van der Waals surface area contributed by atoms with E-state index in [9.17, 15) is 9.90 Å². The van der Waals surface area contributed by atoms with Crippen molar-refractivity contribution in [2.45, 2.75) is 37.2 Å². The SMILES string of the molecule is CCCCn1c(SCc2cc(=O)oc3cc(O)c(Cl)cc23)nnc1-c1ccc(OC)cc1. The summed E-state index contributed by atoms with van der Waals surface area (Å²) in [4.78, 5) is 12.0. The minimum Gasteiger partial charge on any atom is -0.506 e. The van der Waals surface area contributed by atoms with Crippen LogP contribution in [0.4, 0.5) is 0 Å². The molecule has 0 saturated heterocycles. The number of aromatic hydroxyl groups is 1. The van der Waals surface area contributed by atoms with Crippen LogP contribution in [0.2, 0.25) is 5.02 Å². The minimum absolute atomic E-state index is 0.129. The largest absolute Gasteiger partial charge is 0.506 e. The summed E-state index contributed by atoms with van der Waals surface area (Å²) < 4.78 is 12.6. The lowest BCUT2D eigenvalue weighted by Gasteiger charge is -2.11. The molecule has 0 saturated carbocycles. The summed E-state index contributed by atoms with van der Waals surface area (Å²) in [6.45, 7) is 2.92. The molecule has 4 aromatic rings. The Balaban J connectivity index is 1.67. The molecule has 2 aromatic heterocycles. The van der Waals surface area contributed by atoms with E-state index in [1.54, 1.807) is 13.2 Å². The van der Waals surface area contributed by atoms with E-state index in [1.165, 1.54) is 23.9 Å². The van der Waals surface area contributed by atoms with Crippen LogP contribution in [0.25, 0.3) is 22.4 Å². The maximum atomic E-state index is 12.0. The Morgan fingerprint density at radius 1 is 1.19 bits per heavy atom. The molecule has 0 spiro atoms. The molecule has 0 aliphatic heterocycles. The van der Waals surface area contributed by atoms with Gasteiger partial charge in [0.2, 0.25) is 0 Å². The van der Waals surface area contributed by atoms with Crippen LogP contribution in [0.5, 0.6) is 11.5 Å². The van der Waals surface area contributed by atoms with Crippen molar-refractivity contribution in [3.8, 4) is 22.9 Å². The second-order valence-corrected chi connectivity index (χ2v) is 8.57. The number of phenolic OH excluding ortho intramolecular Hbond substituents is 1. The molecule has 0 aliphatic carbocycles. The third-order valence-electron chi connectivity index (χ3n) is 5.05. The lowest BCUT2D eigenvalue weighted by molar-refractivity contribution is 0.415. The van der Waals surface area contributed by atoms with Gasteiger partial charge in [-0.2, -0.15) is 0 Å². The first-order valence-electron chi connectivity index (χ1n) is 10.2. The van der Waals surface area contributed by atoms with Crippen LogP contribution in [-0.2, 0) is 12.3 Å². The summed E-state index contributed by atoms with van der Waals surface area (Å²) in [6.07, 6.45) is 2.03. The van der Waals surface area contributed by atoms with Gasteiger partial charge in [0, 0.05) is 35.4 Å². The fourth-order valence-corrected chi connectivity index (χ4v) is 4.48. The van der Waals surface area contributed by atoms with Crippen molar-refractivity contribution in [3.05, 3.63) is 63.5 Å². The third-order valence-corrected chi connectivity index (χ3v) is 6.37. The van der Waals surface area contributed by atoms with E-state index in [0.717, 1.165) is 47.2 Å². The Hall–Kier alpha value is -2.97. The highest BCUT2D eigenvalue weighted by atomic mass is 35.5. The Kier molecular flexibility index (Phi) is 6.72. The number of phenols is 1. The van der Waals surface area contributed by atoms with E-state index in [0.29, 0.717) is 16.7 Å². The van der Waals surface area contributed by atoms with Crippen molar-refractivity contribution in [3.63, 3.8) is 0 Å². The van der Waals surface area contributed by atoms with Gasteiger partial charge in [0.1, 0.15) is 17.1 Å². The summed E-state index contributed by atoms with van der Waals surface area (Å²) >= 11 is 7.57. The van der Waals surface area contributed by atoms with E-state index in [1.807, 2.05) is 24.3 Å². The van der Waals surface area contributed by atoms with Crippen molar-refractivity contribution in [1.29, 1.82) is 0 Å². The zero-order chi connectivity index (χ0) is 22.7. The Morgan fingerprint density at radius 2 is 1.97 bits per heavy atom. The molecule has 166 valence electrons. The second-order valence-electron chi connectivity index (χ2n) is 7.22. The summed E-state index contributed by atoms with van der Waals surface area (Å²) in [5.41, 5.74) is 1.51. The van der Waals surface area contributed by atoms with E-state index < -0.39 is 5.63 Å². The molecule has 1 N–H and O–H groups in total. The van der Waals surface area contributed by atoms with E-state index in [-0.39, 0.29) is 10.8 Å². The number of unbranched alkanes of at least 4 members (excludes halogenated alkanes) is 1. The van der Waals surface area contributed by atoms with Gasteiger partial charge in [-0.15, -0.1) is 10.2 Å². The van der Waals surface area contributed by atoms with E-state index >= 15 is 0 Å². The molecule has 4 rings (SSSR count). The maximum absolute atomic E-state index is 12.0. The average molecular weight is 472 g/mol. The summed E-state index contributed by atoms with van der Waals surface area (Å²) in [5, 5.41) is 20.3. The monoisotopic (exact) mass is 471 g/mol. The third kappa shape index (κ3) is 4.61. The number of fused-ring (bicyclic) bond motifs is 1. The number of ether oxygens (including phenoxy) is 1. The molecule has 7 nitrogen and oxygen atoms in total. The van der Waals surface area contributed by atoms with Crippen LogP contribution in [0.1, 0.15) is 25.3 Å². The Bertz CT molecular complexity index is 1300. The summed E-state index contributed by atoms with van der Waals surface area (Å²) in [5.74, 6) is 1.91. The molecule has 2 heterocycles. The molecular weight excluding hydrogens is 450 g/mol. The van der Waals surface area contributed by atoms with Gasteiger partial charge in [0.25, 0.3) is 0 Å². The lowest BCUT2D eigenvalue weighted by atomic mass is 10.1. The standard InChI is InChI=1S/C23H22ClN3O4S/c1-3-4-9-27-22(14-5-7-16(30-2)8-6-14)25-26-23(27)32-13-15-10-21(29)31-20-12-19(28)18(24)11-17(15)20/h5-8,10-12,28H,3-4,9,13H2,1-2H3.